The fraction of sp³-hybridized carbons (Fsp3) is 0.0769. The van der Waals surface area contributed by atoms with Crippen molar-refractivity contribution >= 4 is 31.5 Å². The van der Waals surface area contributed by atoms with Crippen LogP contribution in [0.25, 0.3) is 20.2 Å². The molecule has 0 fully saturated rings. The molecule has 0 amide bonds. The van der Waals surface area contributed by atoms with Crippen LogP contribution in [0.5, 0.6) is 0 Å². The molecule has 68 valence electrons. The Morgan fingerprint density at radius 1 is 1.14 bits per heavy atom. The summed E-state index contributed by atoms with van der Waals surface area (Å²) < 4.78 is 25.4. The van der Waals surface area contributed by atoms with E-state index >= 15 is 0 Å². The monoisotopic (exact) mass is 201 g/mol. The summed E-state index contributed by atoms with van der Waals surface area (Å²) in [6, 6.07) is 8.24. The molecule has 0 aliphatic heterocycles. The molecule has 0 bridgehead atoms. The maximum atomic E-state index is 7.90. The number of hydrogen-bond donors (Lipinski definition) is 0. The summed E-state index contributed by atoms with van der Waals surface area (Å²) in [5.41, 5.74) is 1.07. The average Bonchev–Trinajstić information content (AvgIpc) is 2.58. The number of fused-ring (bicyclic) bond motifs is 3. The van der Waals surface area contributed by atoms with Gasteiger partial charge in [-0.2, -0.15) is 0 Å². The van der Waals surface area contributed by atoms with Gasteiger partial charge in [0.05, 0.1) is 4.11 Å². The van der Waals surface area contributed by atoms with Gasteiger partial charge in [0.2, 0.25) is 0 Å². The molecule has 3 aromatic rings. The van der Waals surface area contributed by atoms with Gasteiger partial charge in [-0.1, -0.05) is 36.4 Å². The lowest BCUT2D eigenvalue weighted by Gasteiger charge is -1.93. The second kappa shape index (κ2) is 2.82. The zero-order chi connectivity index (χ0) is 12.2. The average molecular weight is 201 g/mol. The van der Waals surface area contributed by atoms with Gasteiger partial charge in [0.1, 0.15) is 0 Å². The smallest absolute Gasteiger partial charge is 0.0638 e. The minimum atomic E-state index is 0.357. The Labute approximate surface area is 91.0 Å². The third kappa shape index (κ3) is 0.992. The normalized spacial score (nSPS) is 14.2. The molecular formula is C13H10S. The van der Waals surface area contributed by atoms with Crippen molar-refractivity contribution in [1.29, 1.82) is 0 Å². The van der Waals surface area contributed by atoms with E-state index in [1.54, 1.807) is 23.5 Å². The van der Waals surface area contributed by atoms with E-state index in [0.29, 0.717) is 18.1 Å². The van der Waals surface area contributed by atoms with E-state index in [0.717, 1.165) is 25.7 Å². The highest BCUT2D eigenvalue weighted by molar-refractivity contribution is 7.26. The molecule has 0 saturated carbocycles. The van der Waals surface area contributed by atoms with Gasteiger partial charge < -0.3 is 0 Å². The van der Waals surface area contributed by atoms with Crippen LogP contribution in [0.15, 0.2) is 42.4 Å². The standard InChI is InChI=1S/C13H10S/c1-9-5-4-7-11-10-6-2-3-8-12(10)14-13(9)11/h2-8H,1H3/i2D,4D,8D. The van der Waals surface area contributed by atoms with Crippen molar-refractivity contribution in [3.63, 3.8) is 0 Å². The van der Waals surface area contributed by atoms with Crippen molar-refractivity contribution in [2.75, 3.05) is 0 Å². The molecular weight excluding hydrogens is 188 g/mol. The molecule has 0 aliphatic carbocycles. The van der Waals surface area contributed by atoms with E-state index in [2.05, 4.69) is 0 Å². The third-order valence-corrected chi connectivity index (χ3v) is 3.67. The first-order chi connectivity index (χ1) is 8.06. The van der Waals surface area contributed by atoms with Gasteiger partial charge >= 0.3 is 0 Å². The van der Waals surface area contributed by atoms with Crippen molar-refractivity contribution in [3.8, 4) is 0 Å². The SMILES string of the molecule is [2H]c1cc([2H])c2sc3c(C)cc([2H])cc3c2c1. The number of thiophene rings is 1. The van der Waals surface area contributed by atoms with Crippen molar-refractivity contribution in [3.05, 3.63) is 48.0 Å². The largest absolute Gasteiger partial charge is 0.135 e. The third-order valence-electron chi connectivity index (χ3n) is 2.38. The fourth-order valence-corrected chi connectivity index (χ4v) is 2.79. The van der Waals surface area contributed by atoms with E-state index in [1.165, 1.54) is 0 Å². The van der Waals surface area contributed by atoms with Gasteiger partial charge in [0.15, 0.2) is 0 Å². The van der Waals surface area contributed by atoms with Crippen LogP contribution in [0.1, 0.15) is 9.68 Å². The molecule has 14 heavy (non-hydrogen) atoms. The molecule has 1 aromatic heterocycles. The summed E-state index contributed by atoms with van der Waals surface area (Å²) in [5, 5.41) is 1.93. The Kier molecular flexibility index (Phi) is 1.11. The predicted octanol–water partition coefficient (Wildman–Crippen LogP) is 4.36. The molecule has 1 heteroatoms. The maximum Gasteiger partial charge on any atom is 0.0638 e. The lowest BCUT2D eigenvalue weighted by atomic mass is 10.1. The Bertz CT molecular complexity index is 681. The molecule has 2 aromatic carbocycles. The summed E-state index contributed by atoms with van der Waals surface area (Å²) in [7, 11) is 0. The van der Waals surface area contributed by atoms with Crippen LogP contribution in [0.4, 0.5) is 0 Å². The second-order valence-electron chi connectivity index (χ2n) is 3.33. The highest BCUT2D eigenvalue weighted by atomic mass is 32.1. The Morgan fingerprint density at radius 3 is 2.93 bits per heavy atom. The predicted molar refractivity (Wildman–Crippen MR) is 64.1 cm³/mol. The summed E-state index contributed by atoms with van der Waals surface area (Å²) in [5.74, 6) is 0. The summed E-state index contributed by atoms with van der Waals surface area (Å²) in [4.78, 5) is 0. The van der Waals surface area contributed by atoms with Crippen LogP contribution in [0.2, 0.25) is 0 Å². The topological polar surface area (TPSA) is 0 Å². The lowest BCUT2D eigenvalue weighted by molar-refractivity contribution is 1.56. The second-order valence-corrected chi connectivity index (χ2v) is 4.35. The zero-order valence-corrected chi connectivity index (χ0v) is 8.53. The van der Waals surface area contributed by atoms with Crippen LogP contribution in [0.3, 0.4) is 0 Å². The molecule has 0 saturated heterocycles. The molecule has 0 radical (unpaired) electrons. The van der Waals surface area contributed by atoms with E-state index in [9.17, 15) is 0 Å². The number of benzene rings is 2. The summed E-state index contributed by atoms with van der Waals surface area (Å²) >= 11 is 1.58. The van der Waals surface area contributed by atoms with Crippen molar-refractivity contribution in [2.24, 2.45) is 0 Å². The van der Waals surface area contributed by atoms with Crippen LogP contribution in [0, 0.1) is 6.92 Å². The van der Waals surface area contributed by atoms with Crippen LogP contribution in [-0.2, 0) is 0 Å². The van der Waals surface area contributed by atoms with Gasteiger partial charge in [-0.3, -0.25) is 0 Å². The van der Waals surface area contributed by atoms with Gasteiger partial charge in [-0.25, -0.2) is 0 Å². The highest BCUT2D eigenvalue weighted by Gasteiger charge is 2.04. The van der Waals surface area contributed by atoms with Crippen LogP contribution >= 0.6 is 11.3 Å². The van der Waals surface area contributed by atoms with E-state index in [4.69, 9.17) is 4.11 Å². The Hall–Kier alpha value is -1.34. The quantitative estimate of drug-likeness (QED) is 0.507. The van der Waals surface area contributed by atoms with Gasteiger partial charge in [-0.05, 0) is 18.5 Å². The Balaban J connectivity index is 2.60. The summed E-state index contributed by atoms with van der Waals surface area (Å²) in [6.45, 7) is 1.99. The van der Waals surface area contributed by atoms with E-state index in [1.807, 2.05) is 19.1 Å². The Morgan fingerprint density at radius 2 is 2.00 bits per heavy atom. The zero-order valence-electron chi connectivity index (χ0n) is 10.7. The molecule has 0 aliphatic rings. The van der Waals surface area contributed by atoms with Gasteiger partial charge in [0.25, 0.3) is 0 Å². The van der Waals surface area contributed by atoms with Crippen LogP contribution in [-0.4, -0.2) is 0 Å². The molecule has 0 N–H and O–H groups in total. The molecule has 0 unspecified atom stereocenters. The number of rotatable bonds is 0. The molecule has 0 nitrogen and oxygen atoms in total. The first-order valence-corrected chi connectivity index (χ1v) is 5.28. The fourth-order valence-electron chi connectivity index (χ4n) is 1.69. The molecule has 1 heterocycles. The molecule has 0 atom stereocenters. The molecule has 3 rings (SSSR count). The maximum absolute atomic E-state index is 7.90. The first-order valence-electron chi connectivity index (χ1n) is 5.97. The van der Waals surface area contributed by atoms with Crippen molar-refractivity contribution in [2.45, 2.75) is 6.92 Å². The number of hydrogen-bond acceptors (Lipinski definition) is 1. The minimum absolute atomic E-state index is 0.357. The minimum Gasteiger partial charge on any atom is -0.135 e. The lowest BCUT2D eigenvalue weighted by Crippen LogP contribution is -1.69. The number of aryl methyl sites for hydroxylation is 1. The van der Waals surface area contributed by atoms with E-state index in [-0.39, 0.29) is 0 Å². The highest BCUT2D eigenvalue weighted by Crippen LogP contribution is 2.35. The van der Waals surface area contributed by atoms with Crippen LogP contribution < -0.4 is 0 Å². The van der Waals surface area contributed by atoms with E-state index < -0.39 is 0 Å². The van der Waals surface area contributed by atoms with Gasteiger partial charge in [0, 0.05) is 20.2 Å². The summed E-state index contributed by atoms with van der Waals surface area (Å²) in [6.07, 6.45) is 0. The van der Waals surface area contributed by atoms with Gasteiger partial charge in [-0.15, -0.1) is 11.3 Å². The van der Waals surface area contributed by atoms with Crippen molar-refractivity contribution in [1.82, 2.24) is 0 Å². The first kappa shape index (κ1) is 5.52. The van der Waals surface area contributed by atoms with Crippen molar-refractivity contribution < 1.29 is 4.11 Å². The molecule has 0 spiro atoms.